The number of hydrogen-bond donors (Lipinski definition) is 3. The minimum Gasteiger partial charge on any atom is -0.354 e. The maximum absolute atomic E-state index is 11.9. The molecule has 0 bridgehead atoms. The van der Waals surface area contributed by atoms with Gasteiger partial charge in [0.25, 0.3) is 0 Å². The lowest BCUT2D eigenvalue weighted by Gasteiger charge is -2.17. The van der Waals surface area contributed by atoms with Gasteiger partial charge in [0, 0.05) is 24.7 Å². The van der Waals surface area contributed by atoms with Crippen LogP contribution >= 0.6 is 0 Å². The summed E-state index contributed by atoms with van der Waals surface area (Å²) >= 11 is 0. The fraction of sp³-hybridized carbons (Fsp3) is 0.385. The Labute approximate surface area is 106 Å². The van der Waals surface area contributed by atoms with Crippen molar-refractivity contribution < 1.29 is 9.59 Å². The quantitative estimate of drug-likeness (QED) is 0.725. The SMILES string of the molecule is CC(NC1CNC(=O)C1)C(=O)Nc1ccccc1. The van der Waals surface area contributed by atoms with Crippen LogP contribution < -0.4 is 16.0 Å². The number of carbonyl (C=O) groups excluding carboxylic acids is 2. The molecule has 1 saturated heterocycles. The summed E-state index contributed by atoms with van der Waals surface area (Å²) in [4.78, 5) is 22.9. The third kappa shape index (κ3) is 3.30. The standard InChI is InChI=1S/C13H17N3O2/c1-9(15-11-7-12(17)14-8-11)13(18)16-10-5-3-2-4-6-10/h2-6,9,11,15H,7-8H2,1H3,(H,14,17)(H,16,18). The van der Waals surface area contributed by atoms with E-state index >= 15 is 0 Å². The first kappa shape index (κ1) is 12.6. The molecule has 3 N–H and O–H groups in total. The number of para-hydroxylation sites is 1. The highest BCUT2D eigenvalue weighted by atomic mass is 16.2. The molecule has 96 valence electrons. The van der Waals surface area contributed by atoms with E-state index in [1.807, 2.05) is 30.3 Å². The smallest absolute Gasteiger partial charge is 0.241 e. The Morgan fingerprint density at radius 1 is 1.39 bits per heavy atom. The van der Waals surface area contributed by atoms with Gasteiger partial charge in [-0.3, -0.25) is 9.59 Å². The van der Waals surface area contributed by atoms with E-state index in [-0.39, 0.29) is 23.9 Å². The van der Waals surface area contributed by atoms with Crippen LogP contribution in [0.1, 0.15) is 13.3 Å². The molecule has 1 aliphatic heterocycles. The van der Waals surface area contributed by atoms with Crippen LogP contribution in [0, 0.1) is 0 Å². The number of anilines is 1. The van der Waals surface area contributed by atoms with E-state index in [4.69, 9.17) is 0 Å². The third-order valence-corrected chi connectivity index (χ3v) is 2.90. The first-order valence-corrected chi connectivity index (χ1v) is 6.04. The number of carbonyl (C=O) groups is 2. The zero-order valence-corrected chi connectivity index (χ0v) is 10.3. The van der Waals surface area contributed by atoms with Gasteiger partial charge in [0.2, 0.25) is 11.8 Å². The molecule has 1 heterocycles. The molecule has 1 aliphatic rings. The summed E-state index contributed by atoms with van der Waals surface area (Å²) in [5.41, 5.74) is 0.775. The van der Waals surface area contributed by atoms with Crippen LogP contribution in [0.3, 0.4) is 0 Å². The van der Waals surface area contributed by atoms with Crippen LogP contribution in [0.4, 0.5) is 5.69 Å². The Morgan fingerprint density at radius 2 is 2.11 bits per heavy atom. The van der Waals surface area contributed by atoms with Crippen LogP contribution in [-0.4, -0.2) is 30.4 Å². The van der Waals surface area contributed by atoms with Crippen molar-refractivity contribution in [3.63, 3.8) is 0 Å². The van der Waals surface area contributed by atoms with Crippen molar-refractivity contribution in [2.24, 2.45) is 0 Å². The third-order valence-electron chi connectivity index (χ3n) is 2.90. The molecular weight excluding hydrogens is 230 g/mol. The van der Waals surface area contributed by atoms with Gasteiger partial charge in [-0.2, -0.15) is 0 Å². The van der Waals surface area contributed by atoms with Crippen molar-refractivity contribution in [2.45, 2.75) is 25.4 Å². The van der Waals surface area contributed by atoms with E-state index in [0.29, 0.717) is 13.0 Å². The fourth-order valence-electron chi connectivity index (χ4n) is 1.92. The summed E-state index contributed by atoms with van der Waals surface area (Å²) in [5.74, 6) is -0.0660. The van der Waals surface area contributed by atoms with Crippen molar-refractivity contribution in [3.8, 4) is 0 Å². The lowest BCUT2D eigenvalue weighted by atomic mass is 10.2. The van der Waals surface area contributed by atoms with E-state index in [1.54, 1.807) is 6.92 Å². The Hall–Kier alpha value is -1.88. The molecule has 18 heavy (non-hydrogen) atoms. The van der Waals surface area contributed by atoms with Gasteiger partial charge in [-0.15, -0.1) is 0 Å². The average molecular weight is 247 g/mol. The minimum atomic E-state index is -0.331. The molecule has 0 spiro atoms. The van der Waals surface area contributed by atoms with Crippen molar-refractivity contribution in [1.29, 1.82) is 0 Å². The van der Waals surface area contributed by atoms with Crippen molar-refractivity contribution in [1.82, 2.24) is 10.6 Å². The topological polar surface area (TPSA) is 70.2 Å². The van der Waals surface area contributed by atoms with Crippen LogP contribution in [-0.2, 0) is 9.59 Å². The van der Waals surface area contributed by atoms with Crippen LogP contribution in [0.25, 0.3) is 0 Å². The van der Waals surface area contributed by atoms with Crippen LogP contribution in [0.5, 0.6) is 0 Å². The molecule has 5 heteroatoms. The maximum Gasteiger partial charge on any atom is 0.241 e. The van der Waals surface area contributed by atoms with E-state index in [2.05, 4.69) is 16.0 Å². The van der Waals surface area contributed by atoms with Gasteiger partial charge in [-0.25, -0.2) is 0 Å². The normalized spacial score (nSPS) is 20.3. The van der Waals surface area contributed by atoms with E-state index < -0.39 is 0 Å². The summed E-state index contributed by atoms with van der Waals surface area (Å²) in [6.07, 6.45) is 0.433. The lowest BCUT2D eigenvalue weighted by molar-refractivity contribution is -0.120. The molecule has 2 rings (SSSR count). The molecule has 2 atom stereocenters. The second kappa shape index (κ2) is 5.64. The van der Waals surface area contributed by atoms with Gasteiger partial charge in [0.1, 0.15) is 0 Å². The minimum absolute atomic E-state index is 0.0307. The van der Waals surface area contributed by atoms with Crippen LogP contribution in [0.2, 0.25) is 0 Å². The zero-order valence-electron chi connectivity index (χ0n) is 10.3. The summed E-state index contributed by atoms with van der Waals surface area (Å²) in [7, 11) is 0. The molecule has 2 unspecified atom stereocenters. The Kier molecular flexibility index (Phi) is 3.94. The monoisotopic (exact) mass is 247 g/mol. The average Bonchev–Trinajstić information content (AvgIpc) is 2.76. The van der Waals surface area contributed by atoms with Gasteiger partial charge in [-0.05, 0) is 19.1 Å². The maximum atomic E-state index is 11.9. The van der Waals surface area contributed by atoms with E-state index in [9.17, 15) is 9.59 Å². The summed E-state index contributed by atoms with van der Waals surface area (Å²) in [5, 5.41) is 8.68. The van der Waals surface area contributed by atoms with Gasteiger partial charge in [-0.1, -0.05) is 18.2 Å². The number of benzene rings is 1. The molecule has 2 amide bonds. The van der Waals surface area contributed by atoms with Crippen molar-refractivity contribution in [3.05, 3.63) is 30.3 Å². The second-order valence-electron chi connectivity index (χ2n) is 4.45. The number of nitrogens with one attached hydrogen (secondary N) is 3. The van der Waals surface area contributed by atoms with E-state index in [1.165, 1.54) is 0 Å². The van der Waals surface area contributed by atoms with Crippen molar-refractivity contribution in [2.75, 3.05) is 11.9 Å². The molecule has 5 nitrogen and oxygen atoms in total. The van der Waals surface area contributed by atoms with Gasteiger partial charge >= 0.3 is 0 Å². The molecular formula is C13H17N3O2. The predicted molar refractivity (Wildman–Crippen MR) is 69.1 cm³/mol. The highest BCUT2D eigenvalue weighted by molar-refractivity contribution is 5.94. The number of hydrogen-bond acceptors (Lipinski definition) is 3. The summed E-state index contributed by atoms with van der Waals surface area (Å²) in [6.45, 7) is 2.38. The zero-order chi connectivity index (χ0) is 13.0. The fourth-order valence-corrected chi connectivity index (χ4v) is 1.92. The molecule has 0 aromatic heterocycles. The highest BCUT2D eigenvalue weighted by Gasteiger charge is 2.24. The van der Waals surface area contributed by atoms with Crippen LogP contribution in [0.15, 0.2) is 30.3 Å². The highest BCUT2D eigenvalue weighted by Crippen LogP contribution is 2.06. The molecule has 1 aromatic carbocycles. The first-order chi connectivity index (χ1) is 8.65. The predicted octanol–water partition coefficient (Wildman–Crippen LogP) is 0.492. The van der Waals surface area contributed by atoms with Gasteiger partial charge in [0.05, 0.1) is 6.04 Å². The second-order valence-corrected chi connectivity index (χ2v) is 4.45. The summed E-state index contributed by atoms with van der Waals surface area (Å²) < 4.78 is 0. The lowest BCUT2D eigenvalue weighted by Crippen LogP contribution is -2.44. The molecule has 0 saturated carbocycles. The van der Waals surface area contributed by atoms with Gasteiger partial charge < -0.3 is 16.0 Å². The summed E-state index contributed by atoms with van der Waals surface area (Å²) in [6, 6.07) is 9.02. The number of rotatable bonds is 4. The molecule has 0 radical (unpaired) electrons. The van der Waals surface area contributed by atoms with E-state index in [0.717, 1.165) is 5.69 Å². The largest absolute Gasteiger partial charge is 0.354 e. The molecule has 1 fully saturated rings. The van der Waals surface area contributed by atoms with Gasteiger partial charge in [0.15, 0.2) is 0 Å². The Morgan fingerprint density at radius 3 is 2.72 bits per heavy atom. The molecule has 0 aliphatic carbocycles. The first-order valence-electron chi connectivity index (χ1n) is 6.04. The molecule has 1 aromatic rings. The number of amides is 2. The Bertz CT molecular complexity index is 433. The Balaban J connectivity index is 1.83. The van der Waals surface area contributed by atoms with Crippen molar-refractivity contribution >= 4 is 17.5 Å².